The van der Waals surface area contributed by atoms with Crippen molar-refractivity contribution in [3.63, 3.8) is 0 Å². The van der Waals surface area contributed by atoms with Gasteiger partial charge in [-0.25, -0.2) is 0 Å². The molecule has 0 aliphatic heterocycles. The molecule has 1 N–H and O–H groups in total. The third kappa shape index (κ3) is 7.47. The summed E-state index contributed by atoms with van der Waals surface area (Å²) in [7, 11) is 0. The van der Waals surface area contributed by atoms with E-state index in [-0.39, 0.29) is 13.2 Å². The molecule has 0 aromatic carbocycles. The predicted octanol–water partition coefficient (Wildman–Crippen LogP) is 0.796. The largest absolute Gasteiger partial charge is 0.406 e. The fraction of sp³-hybridized carbons (Fsp3) is 0.889. The highest BCUT2D eigenvalue weighted by atomic mass is 19.4. The maximum atomic E-state index is 12.1. The van der Waals surface area contributed by atoms with E-state index in [2.05, 4.69) is 0 Å². The van der Waals surface area contributed by atoms with E-state index in [1.807, 2.05) is 6.92 Å². The minimum absolute atomic E-state index is 0.324. The molecule has 16 heavy (non-hydrogen) atoms. The lowest BCUT2D eigenvalue weighted by atomic mass is 10.4. The van der Waals surface area contributed by atoms with Crippen molar-refractivity contribution in [3.8, 4) is 0 Å². The van der Waals surface area contributed by atoms with E-state index in [4.69, 9.17) is 9.84 Å². The van der Waals surface area contributed by atoms with Crippen LogP contribution in [0.5, 0.6) is 0 Å². The molecule has 0 saturated carbocycles. The molecule has 1 amide bonds. The first-order chi connectivity index (χ1) is 7.40. The fourth-order valence-electron chi connectivity index (χ4n) is 1.02. The number of aliphatic hydroxyl groups excluding tert-OH is 1. The second-order valence-electron chi connectivity index (χ2n) is 3.21. The first kappa shape index (κ1) is 15.2. The zero-order valence-electron chi connectivity index (χ0n) is 9.09. The summed E-state index contributed by atoms with van der Waals surface area (Å²) in [5.41, 5.74) is 0. The molecule has 96 valence electrons. The molecule has 0 radical (unpaired) electrons. The molecule has 0 aliphatic rings. The first-order valence-corrected chi connectivity index (χ1v) is 4.93. The lowest BCUT2D eigenvalue weighted by Gasteiger charge is -2.22. The molecule has 0 aromatic heterocycles. The number of aliphatic hydroxyl groups is 1. The molecule has 0 bridgehead atoms. The van der Waals surface area contributed by atoms with Gasteiger partial charge in [-0.1, -0.05) is 6.92 Å². The smallest absolute Gasteiger partial charge is 0.395 e. The highest BCUT2D eigenvalue weighted by molar-refractivity contribution is 5.77. The summed E-state index contributed by atoms with van der Waals surface area (Å²) in [5, 5.41) is 8.55. The van der Waals surface area contributed by atoms with Crippen LogP contribution in [-0.4, -0.2) is 55.0 Å². The molecule has 0 saturated heterocycles. The Labute approximate surface area is 92.0 Å². The van der Waals surface area contributed by atoms with Gasteiger partial charge in [-0.2, -0.15) is 13.2 Å². The number of amides is 1. The van der Waals surface area contributed by atoms with Crippen molar-refractivity contribution < 1.29 is 27.8 Å². The minimum atomic E-state index is -4.46. The van der Waals surface area contributed by atoms with Crippen molar-refractivity contribution in [2.24, 2.45) is 0 Å². The maximum absolute atomic E-state index is 12.1. The van der Waals surface area contributed by atoms with Gasteiger partial charge in [0.2, 0.25) is 5.91 Å². The summed E-state index contributed by atoms with van der Waals surface area (Å²) >= 11 is 0. The maximum Gasteiger partial charge on any atom is 0.406 e. The van der Waals surface area contributed by atoms with Gasteiger partial charge in [0.15, 0.2) is 0 Å². The summed E-state index contributed by atoms with van der Waals surface area (Å²) in [5.74, 6) is -0.764. The lowest BCUT2D eigenvalue weighted by Crippen LogP contribution is -2.42. The van der Waals surface area contributed by atoms with Crippen molar-refractivity contribution in [2.45, 2.75) is 19.5 Å². The van der Waals surface area contributed by atoms with Crippen molar-refractivity contribution >= 4 is 5.91 Å². The zero-order valence-corrected chi connectivity index (χ0v) is 9.09. The van der Waals surface area contributed by atoms with Gasteiger partial charge < -0.3 is 14.7 Å². The highest BCUT2D eigenvalue weighted by Crippen LogP contribution is 2.16. The van der Waals surface area contributed by atoms with Gasteiger partial charge in [0.1, 0.15) is 13.2 Å². The highest BCUT2D eigenvalue weighted by Gasteiger charge is 2.32. The van der Waals surface area contributed by atoms with E-state index in [1.165, 1.54) is 0 Å². The Bertz CT molecular complexity index is 209. The number of ether oxygens (including phenoxy) is 1. The van der Waals surface area contributed by atoms with E-state index in [0.29, 0.717) is 17.9 Å². The fourth-order valence-corrected chi connectivity index (χ4v) is 1.02. The van der Waals surface area contributed by atoms with Crippen LogP contribution in [0.25, 0.3) is 0 Å². The third-order valence-electron chi connectivity index (χ3n) is 1.67. The predicted molar refractivity (Wildman–Crippen MR) is 50.8 cm³/mol. The molecule has 0 spiro atoms. The van der Waals surface area contributed by atoms with Crippen LogP contribution in [0.1, 0.15) is 13.3 Å². The molecule has 0 heterocycles. The van der Waals surface area contributed by atoms with E-state index in [9.17, 15) is 18.0 Å². The monoisotopic (exact) mass is 243 g/mol. The van der Waals surface area contributed by atoms with Crippen LogP contribution in [0.15, 0.2) is 0 Å². The minimum Gasteiger partial charge on any atom is -0.395 e. The molecule has 0 aliphatic carbocycles. The van der Waals surface area contributed by atoms with Gasteiger partial charge in [-0.15, -0.1) is 0 Å². The summed E-state index contributed by atoms with van der Waals surface area (Å²) in [6.45, 7) is -0.439. The van der Waals surface area contributed by atoms with Crippen molar-refractivity contribution in [1.29, 1.82) is 0 Å². The molecule has 0 unspecified atom stereocenters. The van der Waals surface area contributed by atoms with E-state index < -0.39 is 25.2 Å². The Morgan fingerprint density at radius 1 is 1.44 bits per heavy atom. The van der Waals surface area contributed by atoms with Crippen LogP contribution in [0.3, 0.4) is 0 Å². The van der Waals surface area contributed by atoms with Crippen molar-refractivity contribution in [2.75, 3.05) is 32.9 Å². The summed E-state index contributed by atoms with van der Waals surface area (Å²) in [6, 6.07) is 0. The molecule has 0 atom stereocenters. The van der Waals surface area contributed by atoms with Gasteiger partial charge in [0, 0.05) is 13.2 Å². The summed E-state index contributed by atoms with van der Waals surface area (Å²) in [4.78, 5) is 11.8. The zero-order chi connectivity index (χ0) is 12.6. The van der Waals surface area contributed by atoms with Crippen molar-refractivity contribution in [1.82, 2.24) is 4.90 Å². The van der Waals surface area contributed by atoms with Crippen LogP contribution in [-0.2, 0) is 9.53 Å². The van der Waals surface area contributed by atoms with Crippen LogP contribution in [0, 0.1) is 0 Å². The summed E-state index contributed by atoms with van der Waals surface area (Å²) in [6.07, 6.45) is -3.78. The van der Waals surface area contributed by atoms with E-state index in [0.717, 1.165) is 0 Å². The van der Waals surface area contributed by atoms with Crippen LogP contribution >= 0.6 is 0 Å². The quantitative estimate of drug-likeness (QED) is 0.673. The Hall–Kier alpha value is -0.820. The van der Waals surface area contributed by atoms with Gasteiger partial charge >= 0.3 is 6.18 Å². The molecule has 0 fully saturated rings. The van der Waals surface area contributed by atoms with Gasteiger partial charge in [0.05, 0.1) is 6.61 Å². The van der Waals surface area contributed by atoms with Gasteiger partial charge in [-0.05, 0) is 6.42 Å². The molecule has 4 nitrogen and oxygen atoms in total. The topological polar surface area (TPSA) is 49.8 Å². The van der Waals surface area contributed by atoms with Crippen LogP contribution < -0.4 is 0 Å². The van der Waals surface area contributed by atoms with Crippen LogP contribution in [0.4, 0.5) is 13.2 Å². The second kappa shape index (κ2) is 7.45. The average Bonchev–Trinajstić information content (AvgIpc) is 2.15. The number of carbonyl (C=O) groups is 1. The van der Waals surface area contributed by atoms with Crippen LogP contribution in [0.2, 0.25) is 0 Å². The average molecular weight is 243 g/mol. The van der Waals surface area contributed by atoms with E-state index >= 15 is 0 Å². The molecule has 7 heteroatoms. The number of rotatable bonds is 7. The van der Waals surface area contributed by atoms with E-state index in [1.54, 1.807) is 0 Å². The second-order valence-corrected chi connectivity index (χ2v) is 3.21. The molecular weight excluding hydrogens is 227 g/mol. The Morgan fingerprint density at radius 2 is 2.06 bits per heavy atom. The number of hydrogen-bond donors (Lipinski definition) is 1. The normalized spacial score (nSPS) is 11.6. The van der Waals surface area contributed by atoms with Gasteiger partial charge in [-0.3, -0.25) is 4.79 Å². The number of halogens is 3. The molecular formula is C9H16F3NO3. The number of carbonyl (C=O) groups excluding carboxylic acids is 1. The lowest BCUT2D eigenvalue weighted by molar-refractivity contribution is -0.164. The van der Waals surface area contributed by atoms with Gasteiger partial charge in [0.25, 0.3) is 0 Å². The number of hydrogen-bond acceptors (Lipinski definition) is 3. The SMILES string of the molecule is CCCOCC(=O)N(CCO)CC(F)(F)F. The summed E-state index contributed by atoms with van der Waals surface area (Å²) < 4.78 is 41.0. The molecule has 0 rings (SSSR count). The first-order valence-electron chi connectivity index (χ1n) is 4.93. The number of alkyl halides is 3. The number of nitrogens with zero attached hydrogens (tertiary/aromatic N) is 1. The standard InChI is InChI=1S/C9H16F3NO3/c1-2-5-16-6-8(15)13(3-4-14)7-9(10,11)12/h14H,2-7H2,1H3. The molecule has 0 aromatic rings. The van der Waals surface area contributed by atoms with Crippen molar-refractivity contribution in [3.05, 3.63) is 0 Å². The third-order valence-corrected chi connectivity index (χ3v) is 1.67. The Balaban J connectivity index is 4.13. The Kier molecular flexibility index (Phi) is 7.07. The Morgan fingerprint density at radius 3 is 2.50 bits per heavy atom.